The zero-order chi connectivity index (χ0) is 12.8. The average molecular weight is 306 g/mol. The van der Waals surface area contributed by atoms with Crippen molar-refractivity contribution in [2.75, 3.05) is 13.2 Å². The lowest BCUT2D eigenvalue weighted by molar-refractivity contribution is 0.0117. The fourth-order valence-electron chi connectivity index (χ4n) is 1.98. The third-order valence-corrected chi connectivity index (χ3v) is 3.86. The van der Waals surface area contributed by atoms with Crippen molar-refractivity contribution in [3.05, 3.63) is 16.1 Å². The second-order valence-corrected chi connectivity index (χ2v) is 5.31. The predicted octanol–water partition coefficient (Wildman–Crippen LogP) is 1.71. The summed E-state index contributed by atoms with van der Waals surface area (Å²) in [6.45, 7) is 1.87. The van der Waals surface area contributed by atoms with Gasteiger partial charge in [0.1, 0.15) is 10.7 Å². The van der Waals surface area contributed by atoms with Crippen molar-refractivity contribution >= 4 is 29.7 Å². The van der Waals surface area contributed by atoms with Gasteiger partial charge in [-0.2, -0.15) is 0 Å². The molecule has 0 bridgehead atoms. The van der Waals surface area contributed by atoms with Crippen molar-refractivity contribution in [3.63, 3.8) is 0 Å². The van der Waals surface area contributed by atoms with Crippen LogP contribution >= 0.6 is 23.7 Å². The molecule has 1 aliphatic heterocycles. The number of carbonyl (C=O) groups excluding carboxylic acids is 1. The number of rotatable bonds is 5. The summed E-state index contributed by atoms with van der Waals surface area (Å²) < 4.78 is 5.61. The monoisotopic (exact) mass is 305 g/mol. The van der Waals surface area contributed by atoms with E-state index in [9.17, 15) is 4.79 Å². The zero-order valence-electron chi connectivity index (χ0n) is 10.8. The van der Waals surface area contributed by atoms with Crippen LogP contribution in [-0.4, -0.2) is 30.1 Å². The molecule has 2 rings (SSSR count). The van der Waals surface area contributed by atoms with Crippen LogP contribution in [0.25, 0.3) is 0 Å². The smallest absolute Gasteiger partial charge is 0.270 e. The normalized spacial score (nSPS) is 18.7. The minimum atomic E-state index is -0.123. The number of hydrogen-bond acceptors (Lipinski definition) is 5. The summed E-state index contributed by atoms with van der Waals surface area (Å²) in [5.41, 5.74) is 5.92. The van der Waals surface area contributed by atoms with Crippen molar-refractivity contribution < 1.29 is 9.53 Å². The van der Waals surface area contributed by atoms with E-state index in [-0.39, 0.29) is 18.3 Å². The molecule has 0 aliphatic carbocycles. The van der Waals surface area contributed by atoms with Gasteiger partial charge in [0, 0.05) is 25.1 Å². The molecule has 1 saturated heterocycles. The van der Waals surface area contributed by atoms with Gasteiger partial charge in [0.05, 0.1) is 6.10 Å². The van der Waals surface area contributed by atoms with Gasteiger partial charge in [0.15, 0.2) is 0 Å². The second-order valence-electron chi connectivity index (χ2n) is 4.36. The van der Waals surface area contributed by atoms with Crippen LogP contribution in [0.4, 0.5) is 0 Å². The van der Waals surface area contributed by atoms with Crippen LogP contribution in [0.3, 0.4) is 0 Å². The van der Waals surface area contributed by atoms with Gasteiger partial charge in [-0.3, -0.25) is 4.79 Å². The van der Waals surface area contributed by atoms with E-state index < -0.39 is 0 Å². The topological polar surface area (TPSA) is 77.2 Å². The van der Waals surface area contributed by atoms with E-state index >= 15 is 0 Å². The van der Waals surface area contributed by atoms with E-state index in [2.05, 4.69) is 10.3 Å². The van der Waals surface area contributed by atoms with Crippen LogP contribution in [0.2, 0.25) is 0 Å². The van der Waals surface area contributed by atoms with E-state index in [1.54, 1.807) is 5.38 Å². The summed E-state index contributed by atoms with van der Waals surface area (Å²) in [5.74, 6) is -0.123. The molecular formula is C12H20ClN3O2S. The molecule has 0 aromatic carbocycles. The Morgan fingerprint density at radius 1 is 1.58 bits per heavy atom. The number of aromatic nitrogens is 1. The van der Waals surface area contributed by atoms with Crippen molar-refractivity contribution in [1.82, 2.24) is 10.3 Å². The molecule has 1 amide bonds. The molecule has 1 unspecified atom stereocenters. The molecule has 0 saturated carbocycles. The quantitative estimate of drug-likeness (QED) is 0.868. The van der Waals surface area contributed by atoms with E-state index in [1.165, 1.54) is 17.8 Å². The molecule has 0 spiro atoms. The fourth-order valence-corrected chi connectivity index (χ4v) is 2.64. The molecule has 1 atom stereocenters. The first kappa shape index (κ1) is 16.4. The minimum absolute atomic E-state index is 0. The molecule has 1 fully saturated rings. The Labute approximate surface area is 123 Å². The Bertz CT molecular complexity index is 394. The summed E-state index contributed by atoms with van der Waals surface area (Å²) in [7, 11) is 0. The summed E-state index contributed by atoms with van der Waals surface area (Å²) in [5, 5.41) is 5.40. The average Bonchev–Trinajstić information content (AvgIpc) is 2.89. The number of hydrogen-bond donors (Lipinski definition) is 2. The Morgan fingerprint density at radius 2 is 2.42 bits per heavy atom. The lowest BCUT2D eigenvalue weighted by Gasteiger charge is -2.22. The van der Waals surface area contributed by atoms with Crippen LogP contribution < -0.4 is 11.1 Å². The minimum Gasteiger partial charge on any atom is -0.378 e. The van der Waals surface area contributed by atoms with Gasteiger partial charge in [-0.05, 0) is 25.7 Å². The number of nitrogens with zero attached hydrogens (tertiary/aromatic N) is 1. The number of carbonyl (C=O) groups is 1. The molecule has 108 valence electrons. The maximum Gasteiger partial charge on any atom is 0.270 e. The second kappa shape index (κ2) is 8.47. The largest absolute Gasteiger partial charge is 0.378 e. The Morgan fingerprint density at radius 3 is 3.05 bits per heavy atom. The van der Waals surface area contributed by atoms with Gasteiger partial charge in [0.2, 0.25) is 0 Å². The first-order valence-electron chi connectivity index (χ1n) is 6.34. The van der Waals surface area contributed by atoms with E-state index in [0.717, 1.165) is 30.9 Å². The number of amides is 1. The van der Waals surface area contributed by atoms with E-state index in [4.69, 9.17) is 10.5 Å². The van der Waals surface area contributed by atoms with Crippen LogP contribution in [0.1, 0.15) is 41.2 Å². The molecule has 19 heavy (non-hydrogen) atoms. The van der Waals surface area contributed by atoms with Gasteiger partial charge in [-0.1, -0.05) is 0 Å². The van der Waals surface area contributed by atoms with Gasteiger partial charge >= 0.3 is 0 Å². The number of nitrogens with one attached hydrogen (secondary N) is 1. The van der Waals surface area contributed by atoms with Crippen molar-refractivity contribution in [2.24, 2.45) is 5.73 Å². The SMILES string of the molecule is Cl.NCc1nc(C(=O)NCCC2CCCCO2)cs1. The molecule has 1 aromatic heterocycles. The maximum absolute atomic E-state index is 11.8. The number of thiazole rings is 1. The van der Waals surface area contributed by atoms with Gasteiger partial charge in [-0.15, -0.1) is 23.7 Å². The fraction of sp³-hybridized carbons (Fsp3) is 0.667. The highest BCUT2D eigenvalue weighted by Crippen LogP contribution is 2.15. The Kier molecular flexibility index (Phi) is 7.30. The maximum atomic E-state index is 11.8. The number of halogens is 1. The molecule has 1 aliphatic rings. The van der Waals surface area contributed by atoms with Gasteiger partial charge in [-0.25, -0.2) is 4.98 Å². The molecule has 7 heteroatoms. The van der Waals surface area contributed by atoms with Gasteiger partial charge < -0.3 is 15.8 Å². The molecule has 0 radical (unpaired) electrons. The third-order valence-electron chi connectivity index (χ3n) is 2.98. The molecule has 5 nitrogen and oxygen atoms in total. The zero-order valence-corrected chi connectivity index (χ0v) is 12.4. The van der Waals surface area contributed by atoms with Crippen molar-refractivity contribution in [2.45, 2.75) is 38.3 Å². The standard InChI is InChI=1S/C12H19N3O2S.ClH/c13-7-11-15-10(8-18-11)12(16)14-5-4-9-3-1-2-6-17-9;/h8-9H,1-7,13H2,(H,14,16);1H. The highest BCUT2D eigenvalue weighted by Gasteiger charge is 2.14. The summed E-state index contributed by atoms with van der Waals surface area (Å²) in [4.78, 5) is 15.9. The van der Waals surface area contributed by atoms with Crippen LogP contribution in [0.5, 0.6) is 0 Å². The molecular weight excluding hydrogens is 286 g/mol. The van der Waals surface area contributed by atoms with Crippen LogP contribution in [0.15, 0.2) is 5.38 Å². The van der Waals surface area contributed by atoms with Crippen LogP contribution in [-0.2, 0) is 11.3 Å². The highest BCUT2D eigenvalue weighted by atomic mass is 35.5. The summed E-state index contributed by atoms with van der Waals surface area (Å²) in [6, 6.07) is 0. The van der Waals surface area contributed by atoms with Crippen LogP contribution in [0, 0.1) is 0 Å². The van der Waals surface area contributed by atoms with Crippen molar-refractivity contribution in [1.29, 1.82) is 0 Å². The molecule has 3 N–H and O–H groups in total. The summed E-state index contributed by atoms with van der Waals surface area (Å²) in [6.07, 6.45) is 4.66. The van der Waals surface area contributed by atoms with E-state index in [0.29, 0.717) is 24.9 Å². The lowest BCUT2D eigenvalue weighted by Crippen LogP contribution is -2.29. The number of nitrogens with two attached hydrogens (primary N) is 1. The predicted molar refractivity (Wildman–Crippen MR) is 77.8 cm³/mol. The third kappa shape index (κ3) is 5.06. The van der Waals surface area contributed by atoms with Gasteiger partial charge in [0.25, 0.3) is 5.91 Å². The highest BCUT2D eigenvalue weighted by molar-refractivity contribution is 7.09. The van der Waals surface area contributed by atoms with E-state index in [1.807, 2.05) is 0 Å². The first-order valence-corrected chi connectivity index (χ1v) is 7.22. The Balaban J connectivity index is 0.00000180. The van der Waals surface area contributed by atoms with Crippen molar-refractivity contribution in [3.8, 4) is 0 Å². The lowest BCUT2D eigenvalue weighted by atomic mass is 10.1. The molecule has 2 heterocycles. The first-order chi connectivity index (χ1) is 8.79. The molecule has 1 aromatic rings. The Hall–Kier alpha value is -0.690. The number of ether oxygens (including phenoxy) is 1. The summed E-state index contributed by atoms with van der Waals surface area (Å²) >= 11 is 1.42.